The van der Waals surface area contributed by atoms with Crippen molar-refractivity contribution in [3.8, 4) is 0 Å². The van der Waals surface area contributed by atoms with Crippen molar-refractivity contribution in [3.63, 3.8) is 0 Å². The molecule has 0 aromatic rings. The second kappa shape index (κ2) is 3.54. The highest BCUT2D eigenvalue weighted by atomic mass is 16.1. The number of nitrogens with one attached hydrogen (secondary N) is 1. The van der Waals surface area contributed by atoms with Crippen LogP contribution in [0.25, 0.3) is 0 Å². The lowest BCUT2D eigenvalue weighted by Crippen LogP contribution is -2.50. The minimum Gasteiger partial charge on any atom is -0.353 e. The van der Waals surface area contributed by atoms with Gasteiger partial charge in [0.15, 0.2) is 0 Å². The molecule has 3 heteroatoms. The molecule has 2 aliphatic carbocycles. The average molecular weight is 196 g/mol. The Morgan fingerprint density at radius 3 is 2.71 bits per heavy atom. The van der Waals surface area contributed by atoms with Gasteiger partial charge in [-0.25, -0.2) is 0 Å². The van der Waals surface area contributed by atoms with Crippen LogP contribution in [0, 0.1) is 5.92 Å². The molecule has 0 heterocycles. The van der Waals surface area contributed by atoms with E-state index in [1.54, 1.807) is 0 Å². The summed E-state index contributed by atoms with van der Waals surface area (Å²) in [6.45, 7) is 2.17. The molecule has 0 spiro atoms. The molecule has 0 aliphatic heterocycles. The SMILES string of the molecule is CCC1CC1NC(=O)CC1(N)CCC1. The third-order valence-electron chi connectivity index (χ3n) is 3.66. The summed E-state index contributed by atoms with van der Waals surface area (Å²) < 4.78 is 0. The second-order valence-corrected chi connectivity index (χ2v) is 4.97. The predicted octanol–water partition coefficient (Wildman–Crippen LogP) is 1.17. The summed E-state index contributed by atoms with van der Waals surface area (Å²) in [7, 11) is 0. The van der Waals surface area contributed by atoms with Crippen LogP contribution in [0.3, 0.4) is 0 Å². The molecule has 14 heavy (non-hydrogen) atoms. The van der Waals surface area contributed by atoms with E-state index >= 15 is 0 Å². The molecule has 2 saturated carbocycles. The van der Waals surface area contributed by atoms with E-state index in [9.17, 15) is 4.79 Å². The number of amides is 1. The maximum Gasteiger partial charge on any atom is 0.222 e. The molecule has 0 radical (unpaired) electrons. The van der Waals surface area contributed by atoms with E-state index in [-0.39, 0.29) is 11.4 Å². The van der Waals surface area contributed by atoms with Crippen LogP contribution >= 0.6 is 0 Å². The molecule has 2 unspecified atom stereocenters. The van der Waals surface area contributed by atoms with E-state index < -0.39 is 0 Å². The van der Waals surface area contributed by atoms with Crippen molar-refractivity contribution in [3.05, 3.63) is 0 Å². The van der Waals surface area contributed by atoms with Gasteiger partial charge >= 0.3 is 0 Å². The monoisotopic (exact) mass is 196 g/mol. The summed E-state index contributed by atoms with van der Waals surface area (Å²) >= 11 is 0. The summed E-state index contributed by atoms with van der Waals surface area (Å²) in [4.78, 5) is 11.6. The van der Waals surface area contributed by atoms with Crippen molar-refractivity contribution < 1.29 is 4.79 Å². The maximum atomic E-state index is 11.6. The molecule has 2 fully saturated rings. The number of rotatable bonds is 4. The molecule has 1 amide bonds. The van der Waals surface area contributed by atoms with Crippen LogP contribution in [-0.2, 0) is 4.79 Å². The van der Waals surface area contributed by atoms with Gasteiger partial charge in [-0.1, -0.05) is 13.3 Å². The molecule has 2 atom stereocenters. The van der Waals surface area contributed by atoms with Crippen LogP contribution in [0.1, 0.15) is 45.4 Å². The highest BCUT2D eigenvalue weighted by Crippen LogP contribution is 2.35. The highest BCUT2D eigenvalue weighted by Gasteiger charge is 2.39. The summed E-state index contributed by atoms with van der Waals surface area (Å²) in [6, 6.07) is 0.455. The Balaban J connectivity index is 1.69. The Hall–Kier alpha value is -0.570. The smallest absolute Gasteiger partial charge is 0.222 e. The van der Waals surface area contributed by atoms with Crippen LogP contribution in [-0.4, -0.2) is 17.5 Å². The minimum absolute atomic E-state index is 0.160. The van der Waals surface area contributed by atoms with Gasteiger partial charge in [-0.15, -0.1) is 0 Å². The Bertz CT molecular complexity index is 235. The molecule has 0 aromatic heterocycles. The van der Waals surface area contributed by atoms with Gasteiger partial charge in [0.1, 0.15) is 0 Å². The van der Waals surface area contributed by atoms with Crippen LogP contribution < -0.4 is 11.1 Å². The lowest BCUT2D eigenvalue weighted by molar-refractivity contribution is -0.123. The van der Waals surface area contributed by atoms with Crippen LogP contribution in [0.15, 0.2) is 0 Å². The molecular weight excluding hydrogens is 176 g/mol. The van der Waals surface area contributed by atoms with Gasteiger partial charge in [0.05, 0.1) is 0 Å². The molecule has 0 aromatic carbocycles. The lowest BCUT2D eigenvalue weighted by atomic mass is 9.75. The van der Waals surface area contributed by atoms with E-state index in [2.05, 4.69) is 12.2 Å². The zero-order valence-electron chi connectivity index (χ0n) is 8.88. The standard InChI is InChI=1S/C11H20N2O/c1-2-8-6-9(8)13-10(14)7-11(12)4-3-5-11/h8-9H,2-7,12H2,1H3,(H,13,14). The number of nitrogens with two attached hydrogens (primary N) is 1. The number of hydrogen-bond donors (Lipinski definition) is 2. The van der Waals surface area contributed by atoms with Crippen molar-refractivity contribution in [2.45, 2.75) is 57.0 Å². The van der Waals surface area contributed by atoms with Gasteiger partial charge in [-0.3, -0.25) is 4.79 Å². The fourth-order valence-electron chi connectivity index (χ4n) is 2.26. The fourth-order valence-corrected chi connectivity index (χ4v) is 2.26. The first-order valence-electron chi connectivity index (χ1n) is 5.71. The first kappa shape index (κ1) is 9.97. The third kappa shape index (κ3) is 2.08. The lowest BCUT2D eigenvalue weighted by Gasteiger charge is -2.37. The van der Waals surface area contributed by atoms with E-state index in [1.807, 2.05) is 0 Å². The van der Waals surface area contributed by atoms with Crippen molar-refractivity contribution >= 4 is 5.91 Å². The van der Waals surface area contributed by atoms with E-state index in [0.29, 0.717) is 12.5 Å². The number of hydrogen-bond acceptors (Lipinski definition) is 2. The topological polar surface area (TPSA) is 55.1 Å². The molecule has 3 nitrogen and oxygen atoms in total. The summed E-state index contributed by atoms with van der Waals surface area (Å²) in [5, 5.41) is 3.06. The Morgan fingerprint density at radius 1 is 1.57 bits per heavy atom. The number of carbonyl (C=O) groups is 1. The summed E-state index contributed by atoms with van der Waals surface area (Å²) in [5.41, 5.74) is 5.84. The Labute approximate surface area is 85.4 Å². The molecule has 0 saturated heterocycles. The van der Waals surface area contributed by atoms with Gasteiger partial charge in [0, 0.05) is 18.0 Å². The quantitative estimate of drug-likeness (QED) is 0.709. The normalized spacial score (nSPS) is 33.3. The van der Waals surface area contributed by atoms with Crippen molar-refractivity contribution in [2.75, 3.05) is 0 Å². The second-order valence-electron chi connectivity index (χ2n) is 4.97. The van der Waals surface area contributed by atoms with Gasteiger partial charge in [-0.2, -0.15) is 0 Å². The molecular formula is C11H20N2O. The van der Waals surface area contributed by atoms with Crippen molar-refractivity contribution in [1.29, 1.82) is 0 Å². The van der Waals surface area contributed by atoms with Gasteiger partial charge in [0.25, 0.3) is 0 Å². The van der Waals surface area contributed by atoms with E-state index in [0.717, 1.165) is 18.8 Å². The largest absolute Gasteiger partial charge is 0.353 e. The summed E-state index contributed by atoms with van der Waals surface area (Å²) in [6.07, 6.45) is 6.09. The summed E-state index contributed by atoms with van der Waals surface area (Å²) in [5.74, 6) is 0.891. The number of carbonyl (C=O) groups excluding carboxylic acids is 1. The Kier molecular flexibility index (Phi) is 2.52. The van der Waals surface area contributed by atoms with Crippen LogP contribution in [0.5, 0.6) is 0 Å². The maximum absolute atomic E-state index is 11.6. The zero-order valence-corrected chi connectivity index (χ0v) is 8.88. The molecule has 3 N–H and O–H groups in total. The van der Waals surface area contributed by atoms with Gasteiger partial charge in [-0.05, 0) is 31.6 Å². The zero-order chi connectivity index (χ0) is 10.2. The van der Waals surface area contributed by atoms with Crippen molar-refractivity contribution in [1.82, 2.24) is 5.32 Å². The van der Waals surface area contributed by atoms with Crippen LogP contribution in [0.4, 0.5) is 0 Å². The van der Waals surface area contributed by atoms with E-state index in [4.69, 9.17) is 5.73 Å². The van der Waals surface area contributed by atoms with Crippen molar-refractivity contribution in [2.24, 2.45) is 11.7 Å². The average Bonchev–Trinajstić information content (AvgIpc) is 2.80. The van der Waals surface area contributed by atoms with E-state index in [1.165, 1.54) is 19.3 Å². The first-order valence-corrected chi connectivity index (χ1v) is 5.71. The third-order valence-corrected chi connectivity index (χ3v) is 3.66. The van der Waals surface area contributed by atoms with Gasteiger partial charge < -0.3 is 11.1 Å². The molecule has 80 valence electrons. The predicted molar refractivity (Wildman–Crippen MR) is 55.7 cm³/mol. The Morgan fingerprint density at radius 2 is 2.29 bits per heavy atom. The minimum atomic E-state index is -0.166. The highest BCUT2D eigenvalue weighted by molar-refractivity contribution is 5.78. The molecule has 2 aliphatic rings. The molecule has 0 bridgehead atoms. The first-order chi connectivity index (χ1) is 6.63. The molecule has 2 rings (SSSR count). The fraction of sp³-hybridized carbons (Fsp3) is 0.909. The van der Waals surface area contributed by atoms with Crippen LogP contribution in [0.2, 0.25) is 0 Å². The van der Waals surface area contributed by atoms with Gasteiger partial charge in [0.2, 0.25) is 5.91 Å².